The van der Waals surface area contributed by atoms with E-state index >= 15 is 0 Å². The first kappa shape index (κ1) is 22.1. The van der Waals surface area contributed by atoms with Crippen LogP contribution in [-0.2, 0) is 36.8 Å². The molecular formula is C17H20N4O7S2. The Kier molecular flexibility index (Phi) is 6.36. The summed E-state index contributed by atoms with van der Waals surface area (Å²) in [6, 6.07) is 3.61. The number of carboxylic acids is 1. The highest BCUT2D eigenvalue weighted by molar-refractivity contribution is 8.00. The number of primary amides is 1. The van der Waals surface area contributed by atoms with Crippen LogP contribution >= 0.6 is 23.1 Å². The number of carboxylic acid groups (broad SMARTS) is 1. The molecule has 0 aromatic carbocycles. The molecule has 0 saturated carbocycles. The molecule has 13 heteroatoms. The maximum atomic E-state index is 12.9. The van der Waals surface area contributed by atoms with Crippen LogP contribution in [0.2, 0.25) is 0 Å². The van der Waals surface area contributed by atoms with Crippen molar-refractivity contribution in [3.63, 3.8) is 0 Å². The number of β-lactam (4-membered cyclic amide) rings is 1. The van der Waals surface area contributed by atoms with E-state index in [2.05, 4.69) is 10.1 Å². The van der Waals surface area contributed by atoms with Crippen molar-refractivity contribution in [3.8, 4) is 0 Å². The number of nitrogens with one attached hydrogen (secondary N) is 1. The molecule has 2 aliphatic rings. The predicted molar refractivity (Wildman–Crippen MR) is 107 cm³/mol. The van der Waals surface area contributed by atoms with Crippen molar-refractivity contribution in [1.29, 1.82) is 0 Å². The van der Waals surface area contributed by atoms with Crippen molar-refractivity contribution >= 4 is 47.0 Å². The van der Waals surface area contributed by atoms with Gasteiger partial charge in [-0.05, 0) is 12.1 Å². The minimum absolute atomic E-state index is 0.0276. The lowest BCUT2D eigenvalue weighted by atomic mass is 9.98. The van der Waals surface area contributed by atoms with Gasteiger partial charge in [0.15, 0.2) is 0 Å². The van der Waals surface area contributed by atoms with Crippen LogP contribution in [0.15, 0.2) is 23.4 Å². The number of ether oxygens (including phenoxy) is 2. The van der Waals surface area contributed by atoms with Gasteiger partial charge in [0.05, 0.1) is 6.42 Å². The Morgan fingerprint density at radius 2 is 2.07 bits per heavy atom. The molecule has 1 saturated heterocycles. The summed E-state index contributed by atoms with van der Waals surface area (Å²) in [5, 5.41) is 11.4. The maximum Gasteiger partial charge on any atom is 0.404 e. The van der Waals surface area contributed by atoms with Crippen LogP contribution in [0.5, 0.6) is 0 Å². The summed E-state index contributed by atoms with van der Waals surface area (Å²) in [6.45, 7) is 0.0151. The smallest absolute Gasteiger partial charge is 0.404 e. The molecule has 0 aliphatic carbocycles. The highest BCUT2D eigenvalue weighted by Gasteiger charge is 2.66. The fraction of sp³-hybridized carbons (Fsp3) is 0.412. The molecule has 3 heterocycles. The average molecular weight is 457 g/mol. The highest BCUT2D eigenvalue weighted by atomic mass is 32.2. The van der Waals surface area contributed by atoms with E-state index < -0.39 is 35.0 Å². The third-order valence-electron chi connectivity index (χ3n) is 4.60. The van der Waals surface area contributed by atoms with Gasteiger partial charge in [0.25, 0.3) is 11.6 Å². The third kappa shape index (κ3) is 3.88. The second-order valence-corrected chi connectivity index (χ2v) is 8.76. The quantitative estimate of drug-likeness (QED) is 0.298. The van der Waals surface area contributed by atoms with Gasteiger partial charge in [0, 0.05) is 34.7 Å². The van der Waals surface area contributed by atoms with Crippen LogP contribution in [0.1, 0.15) is 9.75 Å². The van der Waals surface area contributed by atoms with Crippen LogP contribution in [0.3, 0.4) is 0 Å². The first-order valence-electron chi connectivity index (χ1n) is 8.70. The first-order chi connectivity index (χ1) is 14.2. The Bertz CT molecular complexity index is 931. The molecule has 3 amide bonds. The Morgan fingerprint density at radius 3 is 2.63 bits per heavy atom. The van der Waals surface area contributed by atoms with Crippen molar-refractivity contribution in [2.45, 2.75) is 24.1 Å². The molecule has 11 nitrogen and oxygen atoms in total. The average Bonchev–Trinajstić information content (AvgIpc) is 3.16. The van der Waals surface area contributed by atoms with E-state index in [4.69, 9.17) is 16.2 Å². The number of methoxy groups -OCH3 is 1. The lowest BCUT2D eigenvalue weighted by molar-refractivity contribution is -0.192. The molecule has 1 fully saturated rings. The normalized spacial score (nSPS) is 22.9. The number of amides is 3. The molecule has 0 radical (unpaired) electrons. The van der Waals surface area contributed by atoms with Crippen LogP contribution in [0.25, 0.3) is 0 Å². The minimum Gasteiger partial charge on any atom is -0.477 e. The Hall–Kier alpha value is -2.61. The fourth-order valence-corrected chi connectivity index (χ4v) is 5.56. The lowest BCUT2D eigenvalue weighted by Crippen LogP contribution is -2.80. The van der Waals surface area contributed by atoms with E-state index in [-0.39, 0.29) is 30.1 Å². The number of fused-ring (bicyclic) bond motifs is 1. The van der Waals surface area contributed by atoms with Gasteiger partial charge in [0.2, 0.25) is 5.91 Å². The monoisotopic (exact) mass is 456 g/mol. The summed E-state index contributed by atoms with van der Waals surface area (Å²) in [5.41, 5.74) is 8.74. The molecule has 30 heavy (non-hydrogen) atoms. The summed E-state index contributed by atoms with van der Waals surface area (Å²) in [5.74, 6) is -2.38. The van der Waals surface area contributed by atoms with E-state index in [9.17, 15) is 24.3 Å². The zero-order valence-corrected chi connectivity index (χ0v) is 17.5. The number of nitrogens with zero attached hydrogens (tertiary/aromatic N) is 1. The SMILES string of the molecule is CO[C@@]1(NC(=O)Cc2ccc(CN)s2)C(=O)N2C(C(=O)O)=C(COC(N)=O)CS[C@H]21. The van der Waals surface area contributed by atoms with Crippen molar-refractivity contribution in [2.75, 3.05) is 19.5 Å². The summed E-state index contributed by atoms with van der Waals surface area (Å²) in [7, 11) is 1.27. The number of thiophene rings is 1. The molecule has 1 aromatic heterocycles. The van der Waals surface area contributed by atoms with E-state index in [1.807, 2.05) is 6.07 Å². The number of hydrogen-bond acceptors (Lipinski definition) is 9. The summed E-state index contributed by atoms with van der Waals surface area (Å²) in [6.07, 6.45) is -1.03. The van der Waals surface area contributed by atoms with Gasteiger partial charge in [-0.15, -0.1) is 23.1 Å². The van der Waals surface area contributed by atoms with Crippen LogP contribution < -0.4 is 16.8 Å². The fourth-order valence-electron chi connectivity index (χ4n) is 3.25. The molecule has 1 aromatic rings. The standard InChI is InChI=1S/C17H20N4O7S2/c1-27-17(20-11(22)4-9-2-3-10(5-18)30-9)14(25)21-12(13(23)24)8(6-28-16(19)26)7-29-15(17)21/h2-3,15H,4-7,18H2,1H3,(H2,19,26)(H,20,22)(H,23,24)/t15-,17-/m0/s1. The molecule has 6 N–H and O–H groups in total. The summed E-state index contributed by atoms with van der Waals surface area (Å²) >= 11 is 2.58. The third-order valence-corrected chi connectivity index (χ3v) is 7.08. The molecule has 0 bridgehead atoms. The van der Waals surface area contributed by atoms with Gasteiger partial charge >= 0.3 is 12.1 Å². The van der Waals surface area contributed by atoms with Crippen LogP contribution in [0.4, 0.5) is 4.79 Å². The first-order valence-corrected chi connectivity index (χ1v) is 10.6. The molecule has 2 aliphatic heterocycles. The van der Waals surface area contributed by atoms with Crippen LogP contribution in [0, 0.1) is 0 Å². The number of carbonyl (C=O) groups is 4. The van der Waals surface area contributed by atoms with Gasteiger partial charge in [-0.25, -0.2) is 9.59 Å². The molecule has 2 atom stereocenters. The van der Waals surface area contributed by atoms with Gasteiger partial charge in [-0.1, -0.05) is 0 Å². The molecule has 0 unspecified atom stereocenters. The number of rotatable bonds is 8. The maximum absolute atomic E-state index is 12.9. The van der Waals surface area contributed by atoms with Gasteiger partial charge < -0.3 is 31.4 Å². The topological polar surface area (TPSA) is 174 Å². The minimum atomic E-state index is -1.69. The van der Waals surface area contributed by atoms with Gasteiger partial charge in [-0.3, -0.25) is 14.5 Å². The van der Waals surface area contributed by atoms with Crippen molar-refractivity contribution in [1.82, 2.24) is 10.2 Å². The van der Waals surface area contributed by atoms with E-state index in [1.165, 1.54) is 30.2 Å². The predicted octanol–water partition coefficient (Wildman–Crippen LogP) is -0.443. The van der Waals surface area contributed by atoms with E-state index in [0.717, 1.165) is 14.7 Å². The Balaban J connectivity index is 1.78. The largest absolute Gasteiger partial charge is 0.477 e. The van der Waals surface area contributed by atoms with Gasteiger partial charge in [0.1, 0.15) is 17.7 Å². The zero-order chi connectivity index (χ0) is 22.1. The van der Waals surface area contributed by atoms with E-state index in [0.29, 0.717) is 6.54 Å². The number of hydrogen-bond donors (Lipinski definition) is 4. The Morgan fingerprint density at radius 1 is 1.37 bits per heavy atom. The highest BCUT2D eigenvalue weighted by Crippen LogP contribution is 2.46. The number of thioether (sulfide) groups is 1. The lowest BCUT2D eigenvalue weighted by Gasteiger charge is -2.55. The number of carbonyl (C=O) groups excluding carboxylic acids is 3. The molecular weight excluding hydrogens is 436 g/mol. The number of aliphatic carboxylic acids is 1. The Labute approximate surface area is 179 Å². The summed E-state index contributed by atoms with van der Waals surface area (Å²) < 4.78 is 10.1. The van der Waals surface area contributed by atoms with Gasteiger partial charge in [-0.2, -0.15) is 0 Å². The molecule has 3 rings (SSSR count). The second-order valence-electron chi connectivity index (χ2n) is 6.44. The zero-order valence-electron chi connectivity index (χ0n) is 15.9. The second kappa shape index (κ2) is 8.63. The molecule has 162 valence electrons. The summed E-state index contributed by atoms with van der Waals surface area (Å²) in [4.78, 5) is 50.8. The van der Waals surface area contributed by atoms with Crippen molar-refractivity contribution in [2.24, 2.45) is 11.5 Å². The van der Waals surface area contributed by atoms with Crippen LogP contribution in [-0.4, -0.2) is 64.5 Å². The van der Waals surface area contributed by atoms with Crippen molar-refractivity contribution < 1.29 is 33.8 Å². The van der Waals surface area contributed by atoms with Crippen molar-refractivity contribution in [3.05, 3.63) is 33.2 Å². The molecule has 0 spiro atoms. The van der Waals surface area contributed by atoms with E-state index in [1.54, 1.807) is 6.07 Å². The number of nitrogens with two attached hydrogens (primary N) is 2.